The second kappa shape index (κ2) is 10.8. The number of sulfonamides is 1. The van der Waals surface area contributed by atoms with Gasteiger partial charge in [-0.1, -0.05) is 13.8 Å². The number of carboxylic acids is 1. The smallest absolute Gasteiger partial charge is 0.310 e. The van der Waals surface area contributed by atoms with Gasteiger partial charge in [0.15, 0.2) is 0 Å². The molecule has 1 aromatic carbocycles. The Morgan fingerprint density at radius 1 is 1.15 bits per heavy atom. The summed E-state index contributed by atoms with van der Waals surface area (Å²) in [7, 11) is -2.31. The second-order valence-corrected chi connectivity index (χ2v) is 10.1. The van der Waals surface area contributed by atoms with Crippen LogP contribution in [0.2, 0.25) is 0 Å². The third-order valence-corrected chi connectivity index (χ3v) is 6.17. The lowest BCUT2D eigenvalue weighted by Crippen LogP contribution is -2.28. The number of hydrogen-bond acceptors (Lipinski definition) is 7. The van der Waals surface area contributed by atoms with Gasteiger partial charge in [0.25, 0.3) is 0 Å². The molecule has 0 fully saturated rings. The van der Waals surface area contributed by atoms with Crippen LogP contribution in [-0.2, 0) is 26.0 Å². The number of aliphatic hydroxyl groups is 1. The first-order valence-corrected chi connectivity index (χ1v) is 12.2. The summed E-state index contributed by atoms with van der Waals surface area (Å²) < 4.78 is 38.6. The Balaban J connectivity index is 2.51. The van der Waals surface area contributed by atoms with Crippen LogP contribution in [0.1, 0.15) is 50.3 Å². The number of benzene rings is 1. The van der Waals surface area contributed by atoms with Gasteiger partial charge < -0.3 is 10.2 Å². The van der Waals surface area contributed by atoms with Crippen molar-refractivity contribution in [3.05, 3.63) is 41.3 Å². The number of hydrogen-bond donors (Lipinski definition) is 2. The van der Waals surface area contributed by atoms with Crippen molar-refractivity contribution in [2.75, 3.05) is 17.6 Å². The minimum atomic E-state index is -3.64. The van der Waals surface area contributed by atoms with Crippen molar-refractivity contribution in [1.82, 2.24) is 9.97 Å². The fraction of sp³-hybridized carbons (Fsp3) is 0.455. The fourth-order valence-electron chi connectivity index (χ4n) is 3.27. The number of nitrogens with zero attached hydrogens (tertiary/aromatic N) is 3. The molecule has 1 aromatic heterocycles. The van der Waals surface area contributed by atoms with Crippen LogP contribution in [0, 0.1) is 5.82 Å². The van der Waals surface area contributed by atoms with E-state index >= 15 is 0 Å². The molecule has 0 unspecified atom stereocenters. The molecule has 2 aromatic rings. The number of carbonyl (C=O) groups excluding carboxylic acids is 1. The van der Waals surface area contributed by atoms with Gasteiger partial charge in [-0.15, -0.1) is 0 Å². The molecule has 1 atom stereocenters. The maximum atomic E-state index is 13.5. The van der Waals surface area contributed by atoms with Crippen molar-refractivity contribution < 1.29 is 32.6 Å². The van der Waals surface area contributed by atoms with E-state index in [2.05, 4.69) is 9.97 Å². The summed E-state index contributed by atoms with van der Waals surface area (Å²) in [5, 5.41) is 19.0. The van der Waals surface area contributed by atoms with Gasteiger partial charge in [0, 0.05) is 24.6 Å². The zero-order chi connectivity index (χ0) is 24.9. The molecule has 9 nitrogen and oxygen atoms in total. The summed E-state index contributed by atoms with van der Waals surface area (Å²) in [6, 6.07) is 5.55. The molecule has 0 aliphatic rings. The summed E-state index contributed by atoms with van der Waals surface area (Å²) in [6.07, 6.45) is -0.637. The average Bonchev–Trinajstić information content (AvgIpc) is 2.70. The van der Waals surface area contributed by atoms with E-state index in [1.54, 1.807) is 0 Å². The number of carboxylic acid groups (broad SMARTS) is 1. The number of Topliss-reactive ketones (excluding diaryl/α,β-unsaturated/α-hetero) is 1. The van der Waals surface area contributed by atoms with E-state index in [1.807, 2.05) is 13.8 Å². The predicted molar refractivity (Wildman–Crippen MR) is 121 cm³/mol. The largest absolute Gasteiger partial charge is 0.481 e. The van der Waals surface area contributed by atoms with Crippen LogP contribution in [0.25, 0.3) is 11.3 Å². The Hall–Kier alpha value is -2.92. The van der Waals surface area contributed by atoms with Crippen molar-refractivity contribution in [3.8, 4) is 11.3 Å². The molecule has 33 heavy (non-hydrogen) atoms. The van der Waals surface area contributed by atoms with E-state index in [0.717, 1.165) is 10.6 Å². The topological polar surface area (TPSA) is 138 Å². The molecule has 0 aliphatic carbocycles. The third kappa shape index (κ3) is 7.29. The van der Waals surface area contributed by atoms with Crippen LogP contribution in [0.4, 0.5) is 10.3 Å². The molecule has 1 heterocycles. The number of rotatable bonds is 11. The van der Waals surface area contributed by atoms with Crippen LogP contribution >= 0.6 is 0 Å². The van der Waals surface area contributed by atoms with Crippen LogP contribution in [0.5, 0.6) is 0 Å². The van der Waals surface area contributed by atoms with Crippen LogP contribution in [-0.4, -0.2) is 59.8 Å². The van der Waals surface area contributed by atoms with Crippen molar-refractivity contribution in [2.45, 2.75) is 51.6 Å². The Bertz CT molecular complexity index is 1120. The minimum Gasteiger partial charge on any atom is -0.481 e. The molecule has 0 aliphatic heterocycles. The molecule has 0 saturated carbocycles. The van der Waals surface area contributed by atoms with Gasteiger partial charge in [-0.2, -0.15) is 0 Å². The van der Waals surface area contributed by atoms with Gasteiger partial charge >= 0.3 is 5.97 Å². The van der Waals surface area contributed by atoms with Gasteiger partial charge in [0.05, 0.1) is 23.7 Å². The monoisotopic (exact) mass is 481 g/mol. The second-order valence-electron chi connectivity index (χ2n) is 8.13. The van der Waals surface area contributed by atoms with E-state index in [4.69, 9.17) is 5.11 Å². The Kier molecular flexibility index (Phi) is 8.62. The van der Waals surface area contributed by atoms with Crippen molar-refractivity contribution >= 4 is 27.7 Å². The maximum absolute atomic E-state index is 13.5. The van der Waals surface area contributed by atoms with E-state index in [-0.39, 0.29) is 31.1 Å². The van der Waals surface area contributed by atoms with Crippen LogP contribution < -0.4 is 4.31 Å². The molecule has 2 N–H and O–H groups in total. The predicted octanol–water partition coefficient (Wildman–Crippen LogP) is 2.53. The zero-order valence-corrected chi connectivity index (χ0v) is 19.8. The first kappa shape index (κ1) is 26.3. The van der Waals surface area contributed by atoms with Crippen LogP contribution in [0.3, 0.4) is 0 Å². The standard InChI is InChI=1S/C22H28FN3O6S/c1-13(2)20-18(10-9-16(27)11-17(28)12-19(29)30)21(14-5-7-15(23)8-6-14)25-22(24-20)26(3)33(4,31)32/h5-8,13,16,27H,9-12H2,1-4H3,(H,29,30)/t16-/m0/s1. The normalized spacial score (nSPS) is 12.6. The van der Waals surface area contributed by atoms with Crippen LogP contribution in [0.15, 0.2) is 24.3 Å². The van der Waals surface area contributed by atoms with Gasteiger partial charge in [0.1, 0.15) is 18.0 Å². The molecule has 0 radical (unpaired) electrons. The number of aromatic nitrogens is 2. The summed E-state index contributed by atoms with van der Waals surface area (Å²) in [5.41, 5.74) is 2.12. The number of anilines is 1. The molecular formula is C22H28FN3O6S. The summed E-state index contributed by atoms with van der Waals surface area (Å²) in [4.78, 5) is 31.3. The maximum Gasteiger partial charge on any atom is 0.310 e. The van der Waals surface area contributed by atoms with E-state index in [9.17, 15) is 27.5 Å². The summed E-state index contributed by atoms with van der Waals surface area (Å²) in [5.74, 6) is -2.47. The minimum absolute atomic E-state index is 0.0403. The Morgan fingerprint density at radius 3 is 2.27 bits per heavy atom. The average molecular weight is 482 g/mol. The molecule has 2 rings (SSSR count). The number of carbonyl (C=O) groups is 2. The molecule has 0 spiro atoms. The number of halogens is 1. The zero-order valence-electron chi connectivity index (χ0n) is 18.9. The van der Waals surface area contributed by atoms with E-state index in [0.29, 0.717) is 22.5 Å². The SMILES string of the molecule is CC(C)c1nc(N(C)S(C)(=O)=O)nc(-c2ccc(F)cc2)c1CC[C@H](O)CC(=O)CC(=O)O. The molecule has 0 amide bonds. The highest BCUT2D eigenvalue weighted by molar-refractivity contribution is 7.92. The quantitative estimate of drug-likeness (QED) is 0.467. The van der Waals surface area contributed by atoms with Crippen molar-refractivity contribution in [2.24, 2.45) is 0 Å². The highest BCUT2D eigenvalue weighted by Crippen LogP contribution is 2.31. The molecule has 0 bridgehead atoms. The summed E-state index contributed by atoms with van der Waals surface area (Å²) in [6.45, 7) is 3.74. The molecule has 11 heteroatoms. The number of ketones is 1. The number of aliphatic hydroxyl groups excluding tert-OH is 1. The third-order valence-electron chi connectivity index (χ3n) is 5.01. The Morgan fingerprint density at radius 2 is 1.76 bits per heavy atom. The fourth-order valence-corrected chi connectivity index (χ4v) is 3.64. The Labute approximate surface area is 192 Å². The lowest BCUT2D eigenvalue weighted by Gasteiger charge is -2.22. The lowest BCUT2D eigenvalue weighted by molar-refractivity contribution is -0.140. The first-order valence-electron chi connectivity index (χ1n) is 10.3. The van der Waals surface area contributed by atoms with Crippen molar-refractivity contribution in [1.29, 1.82) is 0 Å². The number of aliphatic carboxylic acids is 1. The van der Waals surface area contributed by atoms with Gasteiger partial charge in [-0.3, -0.25) is 9.59 Å². The van der Waals surface area contributed by atoms with Crippen molar-refractivity contribution in [3.63, 3.8) is 0 Å². The first-order chi connectivity index (χ1) is 15.3. The highest BCUT2D eigenvalue weighted by Gasteiger charge is 2.24. The van der Waals surface area contributed by atoms with E-state index in [1.165, 1.54) is 31.3 Å². The highest BCUT2D eigenvalue weighted by atomic mass is 32.2. The molecular weight excluding hydrogens is 453 g/mol. The van der Waals surface area contributed by atoms with Gasteiger partial charge in [-0.05, 0) is 43.0 Å². The summed E-state index contributed by atoms with van der Waals surface area (Å²) >= 11 is 0. The molecule has 0 saturated heterocycles. The van der Waals surface area contributed by atoms with Gasteiger partial charge in [0.2, 0.25) is 16.0 Å². The molecule has 180 valence electrons. The van der Waals surface area contributed by atoms with E-state index < -0.39 is 40.1 Å². The lowest BCUT2D eigenvalue weighted by atomic mass is 9.93. The van der Waals surface area contributed by atoms with Gasteiger partial charge in [-0.25, -0.2) is 27.1 Å².